The van der Waals surface area contributed by atoms with Gasteiger partial charge in [-0.15, -0.1) is 0 Å². The molecule has 0 bridgehead atoms. The van der Waals surface area contributed by atoms with Crippen molar-refractivity contribution in [2.75, 3.05) is 0 Å². The second-order valence-electron chi connectivity index (χ2n) is 21.9. The number of carbonyl (C=O) groups excluding carboxylic acids is 6. The van der Waals surface area contributed by atoms with E-state index in [0.717, 1.165) is 59.9 Å². The molecule has 420 valence electrons. The minimum Gasteiger partial charge on any atom is -0.488 e. The number of carboxylic acid groups (broad SMARTS) is 1. The van der Waals surface area contributed by atoms with Crippen molar-refractivity contribution in [3.8, 4) is 16.9 Å². The van der Waals surface area contributed by atoms with Crippen LogP contribution >= 0.6 is 0 Å². The van der Waals surface area contributed by atoms with Crippen LogP contribution in [0.25, 0.3) is 11.1 Å². The number of carbonyl (C=O) groups is 7. The van der Waals surface area contributed by atoms with Crippen molar-refractivity contribution in [2.45, 2.75) is 148 Å². The summed E-state index contributed by atoms with van der Waals surface area (Å²) in [5, 5.41) is 19.0. The standard InChI is InChI=1S/C68H79N3O9/c1-7-9-14-23-53(45-57(72)30-21-31-60(73)51-38-36-50(37-39-51)49-34-32-48(33-35-49)22-10-8-2)65(77)70-63(52-40-42-58(43-41-52)80-67(4,5)6)61(74)44-47(3)64(76)69-59(66(78)79)46-62(75)71-68(54-24-15-11-16-25-54,55-26-17-12-18-27-55)56-28-19-13-20-29-56/h11-13,15-20,24-29,32-43,47,53,59,63H,7-10,14,21-23,30-31,44-46H2,1-6H3,(H,69,76)(H,70,77)(H,71,75)(H,78,79)/t47-,53-,59+,63+/m1/s1. The van der Waals surface area contributed by atoms with Gasteiger partial charge in [-0.05, 0) is 97.5 Å². The van der Waals surface area contributed by atoms with Crippen LogP contribution in [0.1, 0.15) is 163 Å². The molecular weight excluding hydrogens is 1000 g/mol. The predicted molar refractivity (Wildman–Crippen MR) is 314 cm³/mol. The van der Waals surface area contributed by atoms with E-state index in [1.807, 2.05) is 143 Å². The van der Waals surface area contributed by atoms with Crippen LogP contribution in [0.5, 0.6) is 5.75 Å². The summed E-state index contributed by atoms with van der Waals surface area (Å²) in [4.78, 5) is 96.8. The Morgan fingerprint density at radius 3 is 1.61 bits per heavy atom. The number of rotatable bonds is 31. The summed E-state index contributed by atoms with van der Waals surface area (Å²) in [6.07, 6.45) is 5.56. The van der Waals surface area contributed by atoms with Gasteiger partial charge in [-0.25, -0.2) is 4.79 Å². The van der Waals surface area contributed by atoms with Crippen molar-refractivity contribution in [1.82, 2.24) is 16.0 Å². The Bertz CT molecular complexity index is 2880. The summed E-state index contributed by atoms with van der Waals surface area (Å²) < 4.78 is 6.03. The molecule has 6 rings (SSSR count). The van der Waals surface area contributed by atoms with E-state index < -0.39 is 77.4 Å². The summed E-state index contributed by atoms with van der Waals surface area (Å²) in [7, 11) is 0. The number of nitrogens with one attached hydrogen (secondary N) is 3. The lowest BCUT2D eigenvalue weighted by Crippen LogP contribution is -2.51. The Labute approximate surface area is 472 Å². The highest BCUT2D eigenvalue weighted by molar-refractivity contribution is 5.98. The molecule has 0 unspecified atom stereocenters. The van der Waals surface area contributed by atoms with E-state index >= 15 is 0 Å². The van der Waals surface area contributed by atoms with Gasteiger partial charge >= 0.3 is 5.97 Å². The monoisotopic (exact) mass is 1080 g/mol. The second-order valence-corrected chi connectivity index (χ2v) is 21.9. The van der Waals surface area contributed by atoms with E-state index in [1.165, 1.54) is 12.5 Å². The van der Waals surface area contributed by atoms with E-state index in [-0.39, 0.29) is 30.8 Å². The molecule has 6 aromatic carbocycles. The van der Waals surface area contributed by atoms with Gasteiger partial charge in [-0.2, -0.15) is 0 Å². The third-order valence-corrected chi connectivity index (χ3v) is 14.3. The van der Waals surface area contributed by atoms with Crippen molar-refractivity contribution in [3.05, 3.63) is 197 Å². The van der Waals surface area contributed by atoms with Gasteiger partial charge in [0.25, 0.3) is 0 Å². The first-order valence-corrected chi connectivity index (χ1v) is 28.3. The molecule has 0 spiro atoms. The molecule has 4 atom stereocenters. The Kier molecular flexibility index (Phi) is 22.8. The normalized spacial score (nSPS) is 13.0. The van der Waals surface area contributed by atoms with Crippen molar-refractivity contribution >= 4 is 41.0 Å². The molecule has 0 saturated heterocycles. The number of benzene rings is 6. The Morgan fingerprint density at radius 2 is 1.10 bits per heavy atom. The summed E-state index contributed by atoms with van der Waals surface area (Å²) in [6, 6.07) is 47.8. The lowest BCUT2D eigenvalue weighted by atomic mass is 9.77. The third-order valence-electron chi connectivity index (χ3n) is 14.3. The molecule has 4 N–H and O–H groups in total. The van der Waals surface area contributed by atoms with Crippen LogP contribution in [0.2, 0.25) is 0 Å². The molecule has 12 heteroatoms. The van der Waals surface area contributed by atoms with Crippen LogP contribution in [-0.2, 0) is 40.7 Å². The molecule has 0 heterocycles. The molecule has 0 radical (unpaired) electrons. The molecule has 80 heavy (non-hydrogen) atoms. The number of aryl methyl sites for hydroxylation is 1. The zero-order valence-corrected chi connectivity index (χ0v) is 47.3. The van der Waals surface area contributed by atoms with Crippen LogP contribution in [0.3, 0.4) is 0 Å². The van der Waals surface area contributed by atoms with Crippen molar-refractivity contribution in [2.24, 2.45) is 11.8 Å². The predicted octanol–water partition coefficient (Wildman–Crippen LogP) is 12.9. The minimum atomic E-state index is -1.67. The smallest absolute Gasteiger partial charge is 0.326 e. The first-order valence-electron chi connectivity index (χ1n) is 28.3. The van der Waals surface area contributed by atoms with E-state index in [9.17, 15) is 38.7 Å². The van der Waals surface area contributed by atoms with Crippen molar-refractivity contribution < 1.29 is 43.4 Å². The van der Waals surface area contributed by atoms with Crippen LogP contribution < -0.4 is 20.7 Å². The maximum absolute atomic E-state index is 14.5. The fraction of sp³-hybridized carbons (Fsp3) is 0.368. The third kappa shape index (κ3) is 17.8. The number of aliphatic carboxylic acids is 1. The molecule has 0 aliphatic rings. The number of amides is 3. The molecule has 0 aliphatic carbocycles. The average Bonchev–Trinajstić information content (AvgIpc) is 3.54. The molecule has 6 aromatic rings. The highest BCUT2D eigenvalue weighted by Gasteiger charge is 2.39. The summed E-state index contributed by atoms with van der Waals surface area (Å²) >= 11 is 0. The van der Waals surface area contributed by atoms with Gasteiger partial charge in [0.2, 0.25) is 17.7 Å². The molecular formula is C68H79N3O9. The fourth-order valence-corrected chi connectivity index (χ4v) is 9.97. The van der Waals surface area contributed by atoms with E-state index in [2.05, 4.69) is 47.1 Å². The zero-order chi connectivity index (χ0) is 57.7. The van der Waals surface area contributed by atoms with E-state index in [4.69, 9.17) is 4.74 Å². The number of unbranched alkanes of at least 4 members (excludes halogenated alkanes) is 3. The largest absolute Gasteiger partial charge is 0.488 e. The Hall–Kier alpha value is -7.99. The first kappa shape index (κ1) is 61.2. The van der Waals surface area contributed by atoms with Gasteiger partial charge in [0, 0.05) is 43.1 Å². The average molecular weight is 1080 g/mol. The van der Waals surface area contributed by atoms with E-state index in [1.54, 1.807) is 24.3 Å². The number of ketones is 3. The van der Waals surface area contributed by atoms with Crippen LogP contribution in [0.15, 0.2) is 164 Å². The van der Waals surface area contributed by atoms with Gasteiger partial charge < -0.3 is 25.8 Å². The number of carboxylic acids is 1. The first-order chi connectivity index (χ1) is 38.4. The van der Waals surface area contributed by atoms with Gasteiger partial charge in [0.15, 0.2) is 11.6 Å². The van der Waals surface area contributed by atoms with Crippen LogP contribution in [-0.4, -0.2) is 57.8 Å². The highest BCUT2D eigenvalue weighted by atomic mass is 16.5. The number of hydrogen-bond donors (Lipinski definition) is 4. The topological polar surface area (TPSA) is 185 Å². The number of hydrogen-bond acceptors (Lipinski definition) is 8. The van der Waals surface area contributed by atoms with Crippen molar-refractivity contribution in [1.29, 1.82) is 0 Å². The molecule has 0 saturated carbocycles. The van der Waals surface area contributed by atoms with E-state index in [0.29, 0.717) is 36.1 Å². The van der Waals surface area contributed by atoms with Crippen LogP contribution in [0.4, 0.5) is 0 Å². The lowest BCUT2D eigenvalue weighted by Gasteiger charge is -2.37. The fourth-order valence-electron chi connectivity index (χ4n) is 9.97. The molecule has 12 nitrogen and oxygen atoms in total. The lowest BCUT2D eigenvalue weighted by molar-refractivity contribution is -0.144. The van der Waals surface area contributed by atoms with Crippen LogP contribution in [0, 0.1) is 11.8 Å². The molecule has 0 aromatic heterocycles. The maximum atomic E-state index is 14.5. The Balaban J connectivity index is 1.13. The molecule has 0 aliphatic heterocycles. The van der Waals surface area contributed by atoms with Crippen molar-refractivity contribution in [3.63, 3.8) is 0 Å². The minimum absolute atomic E-state index is 0.0729. The van der Waals surface area contributed by atoms with Gasteiger partial charge in [0.05, 0.1) is 6.42 Å². The SMILES string of the molecule is CCCCC[C@H](CC(=O)CCCC(=O)c1ccc(-c2ccc(CCCC)cc2)cc1)C(=O)N[C@H](C(=O)C[C@@H](C)C(=O)N[C@@H](CC(=O)NC(c1ccccc1)(c1ccccc1)c1ccccc1)C(=O)O)c1ccc(OC(C)(C)C)cc1. The van der Waals surface area contributed by atoms with Gasteiger partial charge in [-0.3, -0.25) is 28.8 Å². The number of ether oxygens (including phenoxy) is 1. The maximum Gasteiger partial charge on any atom is 0.326 e. The quantitative estimate of drug-likeness (QED) is 0.0187. The van der Waals surface area contributed by atoms with Gasteiger partial charge in [-0.1, -0.05) is 198 Å². The molecule has 0 fully saturated rings. The number of Topliss-reactive ketones (excluding diaryl/α,β-unsaturated/α-hetero) is 3. The highest BCUT2D eigenvalue weighted by Crippen LogP contribution is 2.37. The Morgan fingerprint density at radius 1 is 0.562 bits per heavy atom. The summed E-state index contributed by atoms with van der Waals surface area (Å²) in [6.45, 7) is 11.4. The summed E-state index contributed by atoms with van der Waals surface area (Å²) in [5.74, 6) is -5.48. The second kappa shape index (κ2) is 29.8. The summed E-state index contributed by atoms with van der Waals surface area (Å²) in [5.41, 5.74) is 4.80. The molecule has 3 amide bonds. The van der Waals surface area contributed by atoms with Gasteiger partial charge in [0.1, 0.15) is 34.8 Å². The zero-order valence-electron chi connectivity index (χ0n) is 47.3.